The molecular formula is C16H22FNO2. The largest absolute Gasteiger partial charge is 0.459 e. The van der Waals surface area contributed by atoms with E-state index in [9.17, 15) is 9.18 Å². The van der Waals surface area contributed by atoms with Gasteiger partial charge in [0.15, 0.2) is 0 Å². The second-order valence-electron chi connectivity index (χ2n) is 6.29. The van der Waals surface area contributed by atoms with Crippen molar-refractivity contribution in [2.24, 2.45) is 0 Å². The molecule has 0 aliphatic carbocycles. The van der Waals surface area contributed by atoms with Crippen LogP contribution in [0.25, 0.3) is 0 Å². The smallest absolute Gasteiger partial charge is 0.323 e. The second-order valence-corrected chi connectivity index (χ2v) is 6.29. The monoisotopic (exact) mass is 279 g/mol. The average molecular weight is 279 g/mol. The lowest BCUT2D eigenvalue weighted by atomic mass is 10.1. The molecule has 1 atom stereocenters. The van der Waals surface area contributed by atoms with E-state index in [1.54, 1.807) is 12.1 Å². The second kappa shape index (κ2) is 5.92. The van der Waals surface area contributed by atoms with Crippen molar-refractivity contribution < 1.29 is 13.9 Å². The predicted molar refractivity (Wildman–Crippen MR) is 75.7 cm³/mol. The van der Waals surface area contributed by atoms with Crippen LogP contribution in [0, 0.1) is 5.82 Å². The molecule has 0 aromatic heterocycles. The molecule has 1 aromatic rings. The van der Waals surface area contributed by atoms with Gasteiger partial charge in [0.25, 0.3) is 0 Å². The van der Waals surface area contributed by atoms with Gasteiger partial charge < -0.3 is 4.74 Å². The van der Waals surface area contributed by atoms with Gasteiger partial charge in [0.1, 0.15) is 17.5 Å². The van der Waals surface area contributed by atoms with Gasteiger partial charge in [-0.15, -0.1) is 0 Å². The van der Waals surface area contributed by atoms with Gasteiger partial charge in [0, 0.05) is 6.54 Å². The number of halogens is 1. The van der Waals surface area contributed by atoms with Crippen molar-refractivity contribution in [2.75, 3.05) is 6.54 Å². The van der Waals surface area contributed by atoms with Crippen LogP contribution >= 0.6 is 0 Å². The van der Waals surface area contributed by atoms with Crippen molar-refractivity contribution >= 4 is 5.97 Å². The van der Waals surface area contributed by atoms with E-state index in [-0.39, 0.29) is 17.8 Å². The SMILES string of the molecule is CC(C)(C)OC(=O)[C@@H]1CCCN1Cc1ccc(F)cc1. The molecule has 0 spiro atoms. The van der Waals surface area contributed by atoms with Crippen LogP contribution in [0.5, 0.6) is 0 Å². The Balaban J connectivity index is 2.00. The maximum Gasteiger partial charge on any atom is 0.323 e. The molecule has 1 heterocycles. The van der Waals surface area contributed by atoms with Gasteiger partial charge in [0.05, 0.1) is 0 Å². The first kappa shape index (κ1) is 15.0. The highest BCUT2D eigenvalue weighted by Crippen LogP contribution is 2.23. The van der Waals surface area contributed by atoms with E-state index in [2.05, 4.69) is 4.90 Å². The quantitative estimate of drug-likeness (QED) is 0.796. The number of likely N-dealkylation sites (tertiary alicyclic amines) is 1. The molecule has 2 rings (SSSR count). The summed E-state index contributed by atoms with van der Waals surface area (Å²) in [5, 5.41) is 0. The molecule has 0 N–H and O–H groups in total. The molecule has 0 saturated carbocycles. The third-order valence-corrected chi connectivity index (χ3v) is 3.34. The number of rotatable bonds is 3. The molecule has 0 amide bonds. The minimum absolute atomic E-state index is 0.155. The van der Waals surface area contributed by atoms with Crippen LogP contribution in [0.1, 0.15) is 39.2 Å². The Morgan fingerprint density at radius 1 is 1.35 bits per heavy atom. The third-order valence-electron chi connectivity index (χ3n) is 3.34. The van der Waals surface area contributed by atoms with Crippen LogP contribution in [-0.2, 0) is 16.1 Å². The summed E-state index contributed by atoms with van der Waals surface area (Å²) >= 11 is 0. The first-order chi connectivity index (χ1) is 9.35. The van der Waals surface area contributed by atoms with Crippen molar-refractivity contribution in [3.8, 4) is 0 Å². The van der Waals surface area contributed by atoms with Crippen molar-refractivity contribution in [2.45, 2.75) is 51.8 Å². The van der Waals surface area contributed by atoms with Crippen LogP contribution in [0.15, 0.2) is 24.3 Å². The number of hydrogen-bond acceptors (Lipinski definition) is 3. The highest BCUT2D eigenvalue weighted by molar-refractivity contribution is 5.76. The molecule has 1 aliphatic heterocycles. The molecule has 1 aromatic carbocycles. The van der Waals surface area contributed by atoms with Gasteiger partial charge in [-0.05, 0) is 57.9 Å². The fourth-order valence-corrected chi connectivity index (χ4v) is 2.48. The lowest BCUT2D eigenvalue weighted by Gasteiger charge is -2.27. The summed E-state index contributed by atoms with van der Waals surface area (Å²) in [6, 6.07) is 6.25. The standard InChI is InChI=1S/C16H22FNO2/c1-16(2,3)20-15(19)14-5-4-10-18(14)11-12-6-8-13(17)9-7-12/h6-9,14H,4-5,10-11H2,1-3H3/t14-/m0/s1. The van der Waals surface area contributed by atoms with E-state index in [1.165, 1.54) is 12.1 Å². The van der Waals surface area contributed by atoms with Gasteiger partial charge in [-0.2, -0.15) is 0 Å². The minimum Gasteiger partial charge on any atom is -0.459 e. The fraction of sp³-hybridized carbons (Fsp3) is 0.562. The Labute approximate surface area is 119 Å². The molecule has 1 fully saturated rings. The maximum absolute atomic E-state index is 12.9. The minimum atomic E-state index is -0.457. The number of benzene rings is 1. The molecule has 0 radical (unpaired) electrons. The van der Waals surface area contributed by atoms with Crippen molar-refractivity contribution in [3.05, 3.63) is 35.6 Å². The normalized spacial score (nSPS) is 20.1. The topological polar surface area (TPSA) is 29.5 Å². The van der Waals surface area contributed by atoms with Crippen LogP contribution in [-0.4, -0.2) is 29.1 Å². The third kappa shape index (κ3) is 4.04. The van der Waals surface area contributed by atoms with Gasteiger partial charge in [0.2, 0.25) is 0 Å². The zero-order valence-electron chi connectivity index (χ0n) is 12.4. The van der Waals surface area contributed by atoms with Crippen molar-refractivity contribution in [3.63, 3.8) is 0 Å². The molecule has 110 valence electrons. The summed E-state index contributed by atoms with van der Waals surface area (Å²) in [6.07, 6.45) is 1.82. The molecule has 0 bridgehead atoms. The predicted octanol–water partition coefficient (Wildman–Crippen LogP) is 3.13. The van der Waals surface area contributed by atoms with Crippen LogP contribution in [0.4, 0.5) is 4.39 Å². The summed E-state index contributed by atoms with van der Waals surface area (Å²) in [6.45, 7) is 7.17. The molecule has 1 aliphatic rings. The highest BCUT2D eigenvalue weighted by Gasteiger charge is 2.33. The van der Waals surface area contributed by atoms with Crippen LogP contribution in [0.2, 0.25) is 0 Å². The van der Waals surface area contributed by atoms with E-state index in [1.807, 2.05) is 20.8 Å². The maximum atomic E-state index is 12.9. The first-order valence-electron chi connectivity index (χ1n) is 7.06. The number of hydrogen-bond donors (Lipinski definition) is 0. The number of carbonyl (C=O) groups excluding carboxylic acids is 1. The molecule has 0 unspecified atom stereocenters. The zero-order chi connectivity index (χ0) is 14.8. The van der Waals surface area contributed by atoms with Gasteiger partial charge >= 0.3 is 5.97 Å². The number of carbonyl (C=O) groups is 1. The summed E-state index contributed by atoms with van der Waals surface area (Å²) < 4.78 is 18.4. The summed E-state index contributed by atoms with van der Waals surface area (Å²) in [4.78, 5) is 14.3. The molecule has 1 saturated heterocycles. The Hall–Kier alpha value is -1.42. The summed E-state index contributed by atoms with van der Waals surface area (Å²) in [7, 11) is 0. The highest BCUT2D eigenvalue weighted by atomic mass is 19.1. The summed E-state index contributed by atoms with van der Waals surface area (Å²) in [5.74, 6) is -0.393. The van der Waals surface area contributed by atoms with E-state index in [0.717, 1.165) is 24.9 Å². The lowest BCUT2D eigenvalue weighted by molar-refractivity contribution is -0.160. The zero-order valence-corrected chi connectivity index (χ0v) is 12.4. The fourth-order valence-electron chi connectivity index (χ4n) is 2.48. The average Bonchev–Trinajstić information content (AvgIpc) is 2.78. The summed E-state index contributed by atoms with van der Waals surface area (Å²) in [5.41, 5.74) is 0.558. The molecular weight excluding hydrogens is 257 g/mol. The molecule has 20 heavy (non-hydrogen) atoms. The Bertz CT molecular complexity index is 464. The van der Waals surface area contributed by atoms with Gasteiger partial charge in [-0.1, -0.05) is 12.1 Å². The van der Waals surface area contributed by atoms with E-state index in [4.69, 9.17) is 4.74 Å². The van der Waals surface area contributed by atoms with Gasteiger partial charge in [-0.3, -0.25) is 9.69 Å². The van der Waals surface area contributed by atoms with Crippen LogP contribution in [0.3, 0.4) is 0 Å². The Morgan fingerprint density at radius 3 is 2.60 bits per heavy atom. The van der Waals surface area contributed by atoms with Crippen molar-refractivity contribution in [1.82, 2.24) is 4.90 Å². The van der Waals surface area contributed by atoms with E-state index < -0.39 is 5.60 Å². The Kier molecular flexibility index (Phi) is 4.43. The number of nitrogens with zero attached hydrogens (tertiary/aromatic N) is 1. The molecule has 3 nitrogen and oxygen atoms in total. The van der Waals surface area contributed by atoms with Crippen LogP contribution < -0.4 is 0 Å². The number of ether oxygens (including phenoxy) is 1. The van der Waals surface area contributed by atoms with E-state index >= 15 is 0 Å². The van der Waals surface area contributed by atoms with E-state index in [0.29, 0.717) is 6.54 Å². The van der Waals surface area contributed by atoms with Crippen molar-refractivity contribution in [1.29, 1.82) is 0 Å². The molecule has 4 heteroatoms. The van der Waals surface area contributed by atoms with Gasteiger partial charge in [-0.25, -0.2) is 4.39 Å². The first-order valence-corrected chi connectivity index (χ1v) is 7.06. The Morgan fingerprint density at radius 2 is 2.00 bits per heavy atom. The number of esters is 1. The lowest BCUT2D eigenvalue weighted by Crippen LogP contribution is -2.40.